The summed E-state index contributed by atoms with van der Waals surface area (Å²) < 4.78 is 28.2. The van der Waals surface area contributed by atoms with Gasteiger partial charge in [0.25, 0.3) is 0 Å². The molecule has 3 heterocycles. The van der Waals surface area contributed by atoms with Crippen LogP contribution in [-0.4, -0.2) is 33.7 Å². The predicted octanol–water partition coefficient (Wildman–Crippen LogP) is 3.80. The number of halogens is 4. The fourth-order valence-electron chi connectivity index (χ4n) is 3.32. The van der Waals surface area contributed by atoms with Crippen molar-refractivity contribution in [3.05, 3.63) is 22.5 Å². The molecule has 0 N–H and O–H groups in total. The van der Waals surface area contributed by atoms with Gasteiger partial charge in [0.1, 0.15) is 17.5 Å². The molecule has 0 aromatic carbocycles. The minimum absolute atomic E-state index is 0.0202. The van der Waals surface area contributed by atoms with Crippen LogP contribution in [0.5, 0.6) is 0 Å². The number of fused-ring (bicyclic) bond motifs is 2. The molecule has 4 rings (SSSR count). The average molecular weight is 345 g/mol. The smallest absolute Gasteiger partial charge is 0.225 e. The molecule has 1 saturated heterocycles. The lowest BCUT2D eigenvalue weighted by molar-refractivity contribution is 0.420. The highest BCUT2D eigenvalue weighted by Gasteiger charge is 2.55. The molecule has 1 aliphatic carbocycles. The molecule has 1 saturated carbocycles. The van der Waals surface area contributed by atoms with Crippen LogP contribution in [0.25, 0.3) is 10.9 Å². The van der Waals surface area contributed by atoms with Crippen molar-refractivity contribution in [3.8, 4) is 0 Å². The molecular formula is C14H12Cl2F2N4. The highest BCUT2D eigenvalue weighted by atomic mass is 35.5. The van der Waals surface area contributed by atoms with E-state index < -0.39 is 12.0 Å². The van der Waals surface area contributed by atoms with Gasteiger partial charge in [-0.3, -0.25) is 0 Å². The van der Waals surface area contributed by atoms with Crippen LogP contribution in [-0.2, 0) is 0 Å². The first-order valence-electron chi connectivity index (χ1n) is 7.16. The Morgan fingerprint density at radius 2 is 2.05 bits per heavy atom. The zero-order valence-electron chi connectivity index (χ0n) is 11.4. The summed E-state index contributed by atoms with van der Waals surface area (Å²) in [4.78, 5) is 13.8. The number of anilines is 1. The van der Waals surface area contributed by atoms with E-state index in [-0.39, 0.29) is 27.9 Å². The molecule has 2 aromatic rings. The lowest BCUT2D eigenvalue weighted by atomic mass is 10.2. The maximum absolute atomic E-state index is 14.2. The summed E-state index contributed by atoms with van der Waals surface area (Å²) in [5.74, 6) is -0.268. The summed E-state index contributed by atoms with van der Waals surface area (Å²) >= 11 is 11.6. The standard InChI is InChI=1S/C14H12Cl2F2N4/c15-12-9(18)10-7(5-19-12)13(21-14(16)20-10)22-4-2-1-3-6-8(17)11(6)22/h5-6,8,11H,1-4H2/t6-,8?,11?/m1/s1. The summed E-state index contributed by atoms with van der Waals surface area (Å²) in [5, 5.41) is 0.0586. The topological polar surface area (TPSA) is 41.9 Å². The lowest BCUT2D eigenvalue weighted by Gasteiger charge is -2.24. The molecule has 116 valence electrons. The molecule has 2 aromatic heterocycles. The minimum Gasteiger partial charge on any atom is -0.350 e. The first-order chi connectivity index (χ1) is 10.6. The van der Waals surface area contributed by atoms with E-state index in [4.69, 9.17) is 23.2 Å². The molecule has 0 bridgehead atoms. The first-order valence-corrected chi connectivity index (χ1v) is 7.91. The van der Waals surface area contributed by atoms with E-state index in [1.165, 1.54) is 6.20 Å². The van der Waals surface area contributed by atoms with Gasteiger partial charge in [0.05, 0.1) is 11.4 Å². The summed E-state index contributed by atoms with van der Waals surface area (Å²) in [6, 6.07) is -0.213. The van der Waals surface area contributed by atoms with Gasteiger partial charge in [0.2, 0.25) is 5.28 Å². The first kappa shape index (κ1) is 14.3. The third-order valence-corrected chi connectivity index (χ3v) is 4.88. The Morgan fingerprint density at radius 3 is 2.86 bits per heavy atom. The van der Waals surface area contributed by atoms with Gasteiger partial charge in [-0.1, -0.05) is 18.0 Å². The van der Waals surface area contributed by atoms with E-state index in [0.29, 0.717) is 17.7 Å². The van der Waals surface area contributed by atoms with Gasteiger partial charge in [0, 0.05) is 18.7 Å². The molecule has 0 amide bonds. The van der Waals surface area contributed by atoms with Crippen LogP contribution in [0.3, 0.4) is 0 Å². The Kier molecular flexibility index (Phi) is 3.34. The molecule has 22 heavy (non-hydrogen) atoms. The van der Waals surface area contributed by atoms with Crippen LogP contribution in [0.1, 0.15) is 19.3 Å². The normalized spacial score (nSPS) is 27.6. The van der Waals surface area contributed by atoms with Crippen molar-refractivity contribution in [2.24, 2.45) is 5.92 Å². The van der Waals surface area contributed by atoms with Crippen molar-refractivity contribution < 1.29 is 8.78 Å². The van der Waals surface area contributed by atoms with Crippen LogP contribution >= 0.6 is 23.2 Å². The maximum atomic E-state index is 14.2. The minimum atomic E-state index is -0.866. The van der Waals surface area contributed by atoms with E-state index in [0.717, 1.165) is 19.3 Å². The second-order valence-corrected chi connectivity index (χ2v) is 6.43. The SMILES string of the molecule is Fc1c(Cl)ncc2c(N3CCCC[C@@H]4C(F)C43)nc(Cl)nc12. The predicted molar refractivity (Wildman–Crippen MR) is 80.7 cm³/mol. The molecular weight excluding hydrogens is 333 g/mol. The Morgan fingerprint density at radius 1 is 1.23 bits per heavy atom. The summed E-state index contributed by atoms with van der Waals surface area (Å²) in [6.07, 6.45) is 3.34. The Labute approximate surface area is 135 Å². The van der Waals surface area contributed by atoms with Gasteiger partial charge in [-0.25, -0.2) is 18.7 Å². The van der Waals surface area contributed by atoms with Crippen molar-refractivity contribution in [2.45, 2.75) is 31.5 Å². The fourth-order valence-corrected chi connectivity index (χ4v) is 3.62. The van der Waals surface area contributed by atoms with Crippen molar-refractivity contribution >= 4 is 39.9 Å². The largest absolute Gasteiger partial charge is 0.350 e. The van der Waals surface area contributed by atoms with Crippen LogP contribution in [0.2, 0.25) is 10.4 Å². The summed E-state index contributed by atoms with van der Waals surface area (Å²) in [6.45, 7) is 0.661. The molecule has 2 aliphatic rings. The lowest BCUT2D eigenvalue weighted by Crippen LogP contribution is -2.29. The second-order valence-electron chi connectivity index (χ2n) is 5.73. The van der Waals surface area contributed by atoms with Gasteiger partial charge in [-0.15, -0.1) is 0 Å². The van der Waals surface area contributed by atoms with Gasteiger partial charge in [-0.05, 0) is 24.4 Å². The number of hydrogen-bond donors (Lipinski definition) is 0. The van der Waals surface area contributed by atoms with Gasteiger partial charge in [0.15, 0.2) is 11.0 Å². The number of hydrogen-bond acceptors (Lipinski definition) is 4. The third-order valence-electron chi connectivity index (χ3n) is 4.45. The average Bonchev–Trinajstić information content (AvgIpc) is 3.18. The van der Waals surface area contributed by atoms with E-state index in [1.54, 1.807) is 0 Å². The number of alkyl halides is 1. The monoisotopic (exact) mass is 344 g/mol. The van der Waals surface area contributed by atoms with Gasteiger partial charge < -0.3 is 4.90 Å². The van der Waals surface area contributed by atoms with Crippen LogP contribution < -0.4 is 4.90 Å². The Balaban J connectivity index is 1.89. The number of aromatic nitrogens is 3. The zero-order chi connectivity index (χ0) is 15.4. The molecule has 8 heteroatoms. The van der Waals surface area contributed by atoms with Crippen molar-refractivity contribution in [3.63, 3.8) is 0 Å². The molecule has 1 aliphatic heterocycles. The molecule has 0 radical (unpaired) electrons. The van der Waals surface area contributed by atoms with Gasteiger partial charge >= 0.3 is 0 Å². The molecule has 4 nitrogen and oxygen atoms in total. The highest BCUT2D eigenvalue weighted by Crippen LogP contribution is 2.47. The highest BCUT2D eigenvalue weighted by molar-refractivity contribution is 6.30. The second kappa shape index (κ2) is 5.13. The number of nitrogens with zero attached hydrogens (tertiary/aromatic N) is 4. The molecule has 3 atom stereocenters. The summed E-state index contributed by atoms with van der Waals surface area (Å²) in [7, 11) is 0. The Bertz CT molecular complexity index is 757. The zero-order valence-corrected chi connectivity index (χ0v) is 13.0. The van der Waals surface area contributed by atoms with Crippen molar-refractivity contribution in [2.75, 3.05) is 11.4 Å². The van der Waals surface area contributed by atoms with Crippen LogP contribution in [0.4, 0.5) is 14.6 Å². The van der Waals surface area contributed by atoms with E-state index in [9.17, 15) is 8.78 Å². The summed E-state index contributed by atoms with van der Waals surface area (Å²) in [5.41, 5.74) is 0.0202. The van der Waals surface area contributed by atoms with E-state index >= 15 is 0 Å². The molecule has 2 fully saturated rings. The fraction of sp³-hybridized carbons (Fsp3) is 0.500. The number of pyridine rings is 1. The maximum Gasteiger partial charge on any atom is 0.225 e. The van der Waals surface area contributed by atoms with E-state index in [2.05, 4.69) is 15.0 Å². The number of rotatable bonds is 1. The molecule has 2 unspecified atom stereocenters. The quantitative estimate of drug-likeness (QED) is 0.582. The molecule has 0 spiro atoms. The van der Waals surface area contributed by atoms with Crippen molar-refractivity contribution in [1.29, 1.82) is 0 Å². The van der Waals surface area contributed by atoms with Crippen LogP contribution in [0, 0.1) is 11.7 Å². The third kappa shape index (κ3) is 2.12. The van der Waals surface area contributed by atoms with Gasteiger partial charge in [-0.2, -0.15) is 4.98 Å². The van der Waals surface area contributed by atoms with Crippen LogP contribution in [0.15, 0.2) is 6.20 Å². The van der Waals surface area contributed by atoms with Crippen molar-refractivity contribution in [1.82, 2.24) is 15.0 Å². The van der Waals surface area contributed by atoms with E-state index in [1.807, 2.05) is 4.90 Å². The Hall–Kier alpha value is -1.27.